The zero-order valence-corrected chi connectivity index (χ0v) is 15.8. The van der Waals surface area contributed by atoms with E-state index in [-0.39, 0.29) is 5.91 Å². The van der Waals surface area contributed by atoms with Gasteiger partial charge in [-0.2, -0.15) is 0 Å². The van der Waals surface area contributed by atoms with Gasteiger partial charge in [0.25, 0.3) is 0 Å². The topological polar surface area (TPSA) is 23.6 Å². The molecule has 0 N–H and O–H groups in total. The van der Waals surface area contributed by atoms with Crippen molar-refractivity contribution in [1.82, 2.24) is 4.90 Å². The van der Waals surface area contributed by atoms with Crippen LogP contribution in [0.3, 0.4) is 0 Å². The molecule has 2 aromatic carbocycles. The molecule has 126 valence electrons. The van der Waals surface area contributed by atoms with Gasteiger partial charge in [0.1, 0.15) is 0 Å². The number of hydrogen-bond acceptors (Lipinski definition) is 2. The van der Waals surface area contributed by atoms with Crippen molar-refractivity contribution in [3.05, 3.63) is 63.6 Å². The van der Waals surface area contributed by atoms with Gasteiger partial charge >= 0.3 is 0 Å². The first-order valence-corrected chi connectivity index (χ1v) is 9.16. The fourth-order valence-corrected chi connectivity index (χ4v) is 3.80. The summed E-state index contributed by atoms with van der Waals surface area (Å²) < 4.78 is 1.13. The first-order valence-electron chi connectivity index (χ1n) is 8.37. The number of piperazine rings is 1. The quantitative estimate of drug-likeness (QED) is 0.796. The predicted octanol–water partition coefficient (Wildman–Crippen LogP) is 3.96. The molecule has 0 aromatic heterocycles. The number of amides is 1. The van der Waals surface area contributed by atoms with Crippen LogP contribution in [0.25, 0.3) is 0 Å². The zero-order chi connectivity index (χ0) is 17.1. The van der Waals surface area contributed by atoms with Gasteiger partial charge in [0.15, 0.2) is 0 Å². The molecule has 4 heteroatoms. The molecule has 1 saturated heterocycles. The van der Waals surface area contributed by atoms with E-state index in [1.807, 2.05) is 17.0 Å². The summed E-state index contributed by atoms with van der Waals surface area (Å²) in [5.74, 6) is 0.224. The van der Waals surface area contributed by atoms with Gasteiger partial charge in [-0.3, -0.25) is 4.79 Å². The van der Waals surface area contributed by atoms with Gasteiger partial charge in [0, 0.05) is 30.7 Å². The average Bonchev–Trinajstić information content (AvgIpc) is 2.57. The van der Waals surface area contributed by atoms with E-state index < -0.39 is 0 Å². The van der Waals surface area contributed by atoms with E-state index in [4.69, 9.17) is 0 Å². The van der Waals surface area contributed by atoms with Gasteiger partial charge in [-0.1, -0.05) is 35.9 Å². The third kappa shape index (κ3) is 3.99. The Kier molecular flexibility index (Phi) is 5.24. The van der Waals surface area contributed by atoms with Crippen molar-refractivity contribution < 1.29 is 4.79 Å². The van der Waals surface area contributed by atoms with Crippen LogP contribution in [0, 0.1) is 13.8 Å². The third-order valence-corrected chi connectivity index (χ3v) is 5.19. The lowest BCUT2D eigenvalue weighted by molar-refractivity contribution is -0.130. The van der Waals surface area contributed by atoms with E-state index in [1.54, 1.807) is 0 Å². The summed E-state index contributed by atoms with van der Waals surface area (Å²) in [6.07, 6.45) is 0.495. The van der Waals surface area contributed by atoms with E-state index in [9.17, 15) is 4.79 Å². The van der Waals surface area contributed by atoms with Crippen molar-refractivity contribution in [2.24, 2.45) is 0 Å². The Morgan fingerprint density at radius 1 is 0.958 bits per heavy atom. The Balaban J connectivity index is 1.58. The van der Waals surface area contributed by atoms with Crippen molar-refractivity contribution >= 4 is 27.5 Å². The third-order valence-electron chi connectivity index (χ3n) is 4.55. The van der Waals surface area contributed by atoms with Crippen molar-refractivity contribution in [2.45, 2.75) is 20.3 Å². The van der Waals surface area contributed by atoms with Gasteiger partial charge in [-0.05, 0) is 53.0 Å². The standard InChI is InChI=1S/C20H23BrN2O/c1-15-3-6-17(7-4-15)14-20(24)23-11-9-22(10-12-23)19-8-5-16(2)13-18(19)21/h3-8,13H,9-12,14H2,1-2H3. The molecule has 0 saturated carbocycles. The second-order valence-corrected chi connectivity index (χ2v) is 7.34. The highest BCUT2D eigenvalue weighted by Gasteiger charge is 2.22. The second-order valence-electron chi connectivity index (χ2n) is 6.49. The molecule has 0 aliphatic carbocycles. The molecule has 3 nitrogen and oxygen atoms in total. The molecule has 1 fully saturated rings. The van der Waals surface area contributed by atoms with E-state index in [2.05, 4.69) is 65.0 Å². The normalized spacial score (nSPS) is 14.8. The molecular formula is C20H23BrN2O. The summed E-state index contributed by atoms with van der Waals surface area (Å²) in [5, 5.41) is 0. The molecule has 3 rings (SSSR count). The monoisotopic (exact) mass is 386 g/mol. The Bertz CT molecular complexity index is 719. The fourth-order valence-electron chi connectivity index (χ4n) is 3.06. The zero-order valence-electron chi connectivity index (χ0n) is 14.3. The van der Waals surface area contributed by atoms with E-state index in [0.717, 1.165) is 36.2 Å². The number of carbonyl (C=O) groups excluding carboxylic acids is 1. The highest BCUT2D eigenvalue weighted by Crippen LogP contribution is 2.28. The Hall–Kier alpha value is -1.81. The lowest BCUT2D eigenvalue weighted by Crippen LogP contribution is -2.49. The van der Waals surface area contributed by atoms with Crippen molar-refractivity contribution in [3.63, 3.8) is 0 Å². The first-order chi connectivity index (χ1) is 11.5. The van der Waals surface area contributed by atoms with Crippen LogP contribution in [0.4, 0.5) is 5.69 Å². The Morgan fingerprint density at radius 2 is 1.58 bits per heavy atom. The minimum absolute atomic E-state index is 0.224. The van der Waals surface area contributed by atoms with Gasteiger partial charge in [-0.25, -0.2) is 0 Å². The summed E-state index contributed by atoms with van der Waals surface area (Å²) >= 11 is 3.65. The molecule has 1 aliphatic rings. The lowest BCUT2D eigenvalue weighted by atomic mass is 10.1. The number of rotatable bonds is 3. The minimum atomic E-state index is 0.224. The fraction of sp³-hybridized carbons (Fsp3) is 0.350. The summed E-state index contributed by atoms with van der Waals surface area (Å²) in [6, 6.07) is 14.7. The average molecular weight is 387 g/mol. The molecule has 0 spiro atoms. The minimum Gasteiger partial charge on any atom is -0.367 e. The highest BCUT2D eigenvalue weighted by atomic mass is 79.9. The molecule has 0 atom stereocenters. The highest BCUT2D eigenvalue weighted by molar-refractivity contribution is 9.10. The van der Waals surface area contributed by atoms with Crippen molar-refractivity contribution in [3.8, 4) is 0 Å². The number of nitrogens with zero attached hydrogens (tertiary/aromatic N) is 2. The van der Waals surface area contributed by atoms with Crippen LogP contribution in [0.2, 0.25) is 0 Å². The van der Waals surface area contributed by atoms with E-state index in [0.29, 0.717) is 6.42 Å². The molecule has 24 heavy (non-hydrogen) atoms. The first kappa shape index (κ1) is 17.0. The molecule has 0 radical (unpaired) electrons. The summed E-state index contributed by atoms with van der Waals surface area (Å²) in [5.41, 5.74) is 4.78. The van der Waals surface area contributed by atoms with Crippen LogP contribution >= 0.6 is 15.9 Å². The smallest absolute Gasteiger partial charge is 0.227 e. The lowest BCUT2D eigenvalue weighted by Gasteiger charge is -2.36. The molecular weight excluding hydrogens is 364 g/mol. The molecule has 2 aromatic rings. The van der Waals surface area contributed by atoms with Gasteiger partial charge in [0.2, 0.25) is 5.91 Å². The summed E-state index contributed by atoms with van der Waals surface area (Å²) in [7, 11) is 0. The van der Waals surface area contributed by atoms with Gasteiger partial charge < -0.3 is 9.80 Å². The SMILES string of the molecule is Cc1ccc(CC(=O)N2CCN(c3ccc(C)cc3Br)CC2)cc1. The maximum atomic E-state index is 12.5. The van der Waals surface area contributed by atoms with Crippen LogP contribution < -0.4 is 4.90 Å². The summed E-state index contributed by atoms with van der Waals surface area (Å²) in [4.78, 5) is 16.8. The molecule has 0 bridgehead atoms. The Morgan fingerprint density at radius 3 is 2.21 bits per heavy atom. The second kappa shape index (κ2) is 7.39. The number of aryl methyl sites for hydroxylation is 2. The van der Waals surface area contributed by atoms with Crippen LogP contribution in [0.5, 0.6) is 0 Å². The Labute approximate surface area is 152 Å². The molecule has 1 aliphatic heterocycles. The molecule has 0 unspecified atom stereocenters. The van der Waals surface area contributed by atoms with E-state index >= 15 is 0 Å². The van der Waals surface area contributed by atoms with Gasteiger partial charge in [0.05, 0.1) is 12.1 Å². The van der Waals surface area contributed by atoms with Gasteiger partial charge in [-0.15, -0.1) is 0 Å². The molecule has 1 amide bonds. The predicted molar refractivity (Wildman–Crippen MR) is 103 cm³/mol. The molecule has 1 heterocycles. The number of anilines is 1. The van der Waals surface area contributed by atoms with Crippen molar-refractivity contribution in [2.75, 3.05) is 31.1 Å². The number of halogens is 1. The van der Waals surface area contributed by atoms with E-state index in [1.165, 1.54) is 16.8 Å². The summed E-state index contributed by atoms with van der Waals surface area (Å²) in [6.45, 7) is 7.48. The van der Waals surface area contributed by atoms with Crippen LogP contribution in [-0.2, 0) is 11.2 Å². The van der Waals surface area contributed by atoms with Crippen LogP contribution in [0.15, 0.2) is 46.9 Å². The number of benzene rings is 2. The van der Waals surface area contributed by atoms with Crippen LogP contribution in [-0.4, -0.2) is 37.0 Å². The number of carbonyl (C=O) groups is 1. The maximum Gasteiger partial charge on any atom is 0.227 e. The van der Waals surface area contributed by atoms with Crippen molar-refractivity contribution in [1.29, 1.82) is 0 Å². The maximum absolute atomic E-state index is 12.5. The largest absolute Gasteiger partial charge is 0.367 e. The van der Waals surface area contributed by atoms with Crippen LogP contribution in [0.1, 0.15) is 16.7 Å². The number of hydrogen-bond donors (Lipinski definition) is 0.